The summed E-state index contributed by atoms with van der Waals surface area (Å²) in [6, 6.07) is 3.03. The third-order valence-corrected chi connectivity index (χ3v) is 5.17. The third kappa shape index (κ3) is 2.35. The molecule has 0 radical (unpaired) electrons. The highest BCUT2D eigenvalue weighted by atomic mass is 32.1. The number of nitrogens with two attached hydrogens (primary N) is 1. The topological polar surface area (TPSA) is 32.5 Å². The van der Waals surface area contributed by atoms with Crippen LogP contribution in [-0.4, -0.2) is 48.1 Å². The van der Waals surface area contributed by atoms with Crippen molar-refractivity contribution in [3.63, 3.8) is 0 Å². The molecule has 2 heterocycles. The number of hydrogen-bond donors (Lipinski definition) is 1. The fourth-order valence-corrected chi connectivity index (χ4v) is 3.89. The third-order valence-electron chi connectivity index (χ3n) is 4.43. The molecular weight excluding hydrogens is 242 g/mol. The van der Waals surface area contributed by atoms with E-state index >= 15 is 0 Å². The van der Waals surface area contributed by atoms with Gasteiger partial charge in [0, 0.05) is 31.2 Å². The Labute approximate surface area is 114 Å². The number of nitrogens with zero attached hydrogens (tertiary/aromatic N) is 2. The maximum Gasteiger partial charge on any atom is 0.0476 e. The Morgan fingerprint density at radius 3 is 2.89 bits per heavy atom. The van der Waals surface area contributed by atoms with Crippen LogP contribution in [0.5, 0.6) is 0 Å². The van der Waals surface area contributed by atoms with Gasteiger partial charge in [0.1, 0.15) is 0 Å². The van der Waals surface area contributed by atoms with Crippen molar-refractivity contribution in [3.05, 3.63) is 22.4 Å². The molecule has 2 N–H and O–H groups in total. The summed E-state index contributed by atoms with van der Waals surface area (Å²) in [5, 5.41) is 4.45. The van der Waals surface area contributed by atoms with E-state index in [4.69, 9.17) is 5.73 Å². The Kier molecular flexibility index (Phi) is 3.45. The number of rotatable bonds is 5. The van der Waals surface area contributed by atoms with Crippen LogP contribution in [-0.2, 0) is 6.54 Å². The highest BCUT2D eigenvalue weighted by molar-refractivity contribution is 7.07. The molecule has 1 aromatic heterocycles. The lowest BCUT2D eigenvalue weighted by Gasteiger charge is -2.41. The first-order valence-electron chi connectivity index (χ1n) is 6.90. The molecular formula is C14H23N3S. The molecule has 1 saturated carbocycles. The molecule has 100 valence electrons. The van der Waals surface area contributed by atoms with Crippen LogP contribution in [0.4, 0.5) is 0 Å². The largest absolute Gasteiger partial charge is 0.329 e. The van der Waals surface area contributed by atoms with Gasteiger partial charge in [-0.15, -0.1) is 0 Å². The molecule has 0 amide bonds. The van der Waals surface area contributed by atoms with Crippen molar-refractivity contribution in [3.8, 4) is 0 Å². The Bertz CT molecular complexity index is 388. The number of likely N-dealkylation sites (N-methyl/N-ethyl adjacent to an activating group) is 1. The molecule has 2 fully saturated rings. The summed E-state index contributed by atoms with van der Waals surface area (Å²) in [5.74, 6) is 0. The summed E-state index contributed by atoms with van der Waals surface area (Å²) in [7, 11) is 2.22. The van der Waals surface area contributed by atoms with Gasteiger partial charge in [0.05, 0.1) is 0 Å². The van der Waals surface area contributed by atoms with Crippen molar-refractivity contribution in [2.24, 2.45) is 5.73 Å². The van der Waals surface area contributed by atoms with Crippen molar-refractivity contribution in [1.82, 2.24) is 9.80 Å². The molecule has 2 aliphatic rings. The average Bonchev–Trinajstić information content (AvgIpc) is 2.93. The van der Waals surface area contributed by atoms with Crippen molar-refractivity contribution in [1.29, 1.82) is 0 Å². The molecule has 0 spiro atoms. The lowest BCUT2D eigenvalue weighted by molar-refractivity contribution is 0.0841. The first-order chi connectivity index (χ1) is 8.73. The van der Waals surface area contributed by atoms with Gasteiger partial charge in [-0.1, -0.05) is 0 Å². The van der Waals surface area contributed by atoms with Crippen LogP contribution in [0.1, 0.15) is 24.8 Å². The quantitative estimate of drug-likeness (QED) is 0.880. The Morgan fingerprint density at radius 2 is 2.39 bits per heavy atom. The zero-order chi connectivity index (χ0) is 12.6. The van der Waals surface area contributed by atoms with Gasteiger partial charge in [0.15, 0.2) is 0 Å². The second-order valence-electron chi connectivity index (χ2n) is 5.91. The van der Waals surface area contributed by atoms with Crippen LogP contribution >= 0.6 is 11.3 Å². The van der Waals surface area contributed by atoms with E-state index in [0.717, 1.165) is 25.7 Å². The van der Waals surface area contributed by atoms with E-state index in [-0.39, 0.29) is 5.54 Å². The van der Waals surface area contributed by atoms with Crippen molar-refractivity contribution in [2.45, 2.75) is 37.4 Å². The maximum absolute atomic E-state index is 6.16. The fraction of sp³-hybridized carbons (Fsp3) is 0.714. The molecule has 3 rings (SSSR count). The smallest absolute Gasteiger partial charge is 0.0476 e. The summed E-state index contributed by atoms with van der Waals surface area (Å²) >= 11 is 1.79. The van der Waals surface area contributed by atoms with E-state index in [0.29, 0.717) is 0 Å². The van der Waals surface area contributed by atoms with Crippen LogP contribution < -0.4 is 5.73 Å². The molecule has 1 saturated heterocycles. The Balaban J connectivity index is 1.79. The standard InChI is InChI=1S/C14H23N3S/c1-16-6-5-14(10-15,11-16)17(13-2-3-13)8-12-4-7-18-9-12/h4,7,9,13H,2-3,5-6,8,10-11,15H2,1H3. The van der Waals surface area contributed by atoms with Crippen LogP contribution in [0.25, 0.3) is 0 Å². The van der Waals surface area contributed by atoms with Gasteiger partial charge in [-0.3, -0.25) is 4.90 Å². The van der Waals surface area contributed by atoms with Gasteiger partial charge >= 0.3 is 0 Å². The van der Waals surface area contributed by atoms with Gasteiger partial charge in [0.2, 0.25) is 0 Å². The van der Waals surface area contributed by atoms with Gasteiger partial charge in [-0.25, -0.2) is 0 Å². The van der Waals surface area contributed by atoms with E-state index < -0.39 is 0 Å². The SMILES string of the molecule is CN1CCC(CN)(N(Cc2ccsc2)C2CC2)C1. The average molecular weight is 265 g/mol. The highest BCUT2D eigenvalue weighted by Gasteiger charge is 2.46. The van der Waals surface area contributed by atoms with E-state index in [1.807, 2.05) is 0 Å². The summed E-state index contributed by atoms with van der Waals surface area (Å²) in [4.78, 5) is 5.13. The van der Waals surface area contributed by atoms with Crippen molar-refractivity contribution >= 4 is 11.3 Å². The summed E-state index contributed by atoms with van der Waals surface area (Å²) in [6.45, 7) is 4.19. The number of thiophene rings is 1. The zero-order valence-corrected chi connectivity index (χ0v) is 12.0. The van der Waals surface area contributed by atoms with E-state index in [1.165, 1.54) is 31.4 Å². The molecule has 1 aliphatic heterocycles. The van der Waals surface area contributed by atoms with E-state index in [9.17, 15) is 0 Å². The molecule has 3 nitrogen and oxygen atoms in total. The molecule has 0 aromatic carbocycles. The van der Waals surface area contributed by atoms with Gasteiger partial charge in [-0.05, 0) is 55.2 Å². The summed E-state index contributed by atoms with van der Waals surface area (Å²) in [6.07, 6.45) is 3.94. The normalized spacial score (nSPS) is 29.3. The second kappa shape index (κ2) is 4.93. The lowest BCUT2D eigenvalue weighted by atomic mass is 9.95. The minimum absolute atomic E-state index is 0.220. The number of hydrogen-bond acceptors (Lipinski definition) is 4. The van der Waals surface area contributed by atoms with Crippen molar-refractivity contribution in [2.75, 3.05) is 26.7 Å². The zero-order valence-electron chi connectivity index (χ0n) is 11.1. The lowest BCUT2D eigenvalue weighted by Crippen LogP contribution is -2.56. The Morgan fingerprint density at radius 1 is 1.56 bits per heavy atom. The molecule has 1 aliphatic carbocycles. The van der Waals surface area contributed by atoms with Gasteiger partial charge < -0.3 is 10.6 Å². The molecule has 18 heavy (non-hydrogen) atoms. The molecule has 0 bridgehead atoms. The first kappa shape index (κ1) is 12.6. The molecule has 4 heteroatoms. The predicted molar refractivity (Wildman–Crippen MR) is 76.8 cm³/mol. The van der Waals surface area contributed by atoms with Crippen LogP contribution in [0.3, 0.4) is 0 Å². The van der Waals surface area contributed by atoms with Gasteiger partial charge in [0.25, 0.3) is 0 Å². The highest BCUT2D eigenvalue weighted by Crippen LogP contribution is 2.38. The fourth-order valence-electron chi connectivity index (χ4n) is 3.23. The first-order valence-corrected chi connectivity index (χ1v) is 7.84. The molecule has 1 atom stereocenters. The molecule has 1 aromatic rings. The van der Waals surface area contributed by atoms with Gasteiger partial charge in [-0.2, -0.15) is 11.3 Å². The molecule has 1 unspecified atom stereocenters. The summed E-state index contributed by atoms with van der Waals surface area (Å²) in [5.41, 5.74) is 7.83. The van der Waals surface area contributed by atoms with E-state index in [2.05, 4.69) is 33.7 Å². The van der Waals surface area contributed by atoms with E-state index in [1.54, 1.807) is 11.3 Å². The minimum atomic E-state index is 0.220. The summed E-state index contributed by atoms with van der Waals surface area (Å²) < 4.78 is 0. The monoisotopic (exact) mass is 265 g/mol. The maximum atomic E-state index is 6.16. The van der Waals surface area contributed by atoms with Crippen LogP contribution in [0.2, 0.25) is 0 Å². The number of likely N-dealkylation sites (tertiary alicyclic amines) is 1. The van der Waals surface area contributed by atoms with Crippen LogP contribution in [0.15, 0.2) is 16.8 Å². The Hall–Kier alpha value is -0.420. The van der Waals surface area contributed by atoms with Crippen molar-refractivity contribution < 1.29 is 0 Å². The minimum Gasteiger partial charge on any atom is -0.329 e. The predicted octanol–water partition coefficient (Wildman–Crippen LogP) is 1.75. The van der Waals surface area contributed by atoms with Crippen LogP contribution in [0, 0.1) is 0 Å². The second-order valence-corrected chi connectivity index (χ2v) is 6.69.